The first-order valence-corrected chi connectivity index (χ1v) is 4.15. The van der Waals surface area contributed by atoms with Crippen LogP contribution in [-0.4, -0.2) is 12.8 Å². The third-order valence-electron chi connectivity index (χ3n) is 1.51. The lowest BCUT2D eigenvalue weighted by molar-refractivity contribution is 0.813. The molecule has 0 unspecified atom stereocenters. The highest BCUT2D eigenvalue weighted by Crippen LogP contribution is 1.92. The molecule has 2 heteroatoms. The van der Waals surface area contributed by atoms with Gasteiger partial charge in [-0.1, -0.05) is 35.9 Å². The summed E-state index contributed by atoms with van der Waals surface area (Å²) in [6.45, 7) is 3.11. The van der Waals surface area contributed by atoms with Gasteiger partial charge in [-0.3, -0.25) is 0 Å². The lowest BCUT2D eigenvalue weighted by atomic mass is 10.2. The van der Waals surface area contributed by atoms with Crippen molar-refractivity contribution in [1.29, 1.82) is 0 Å². The lowest BCUT2D eigenvalue weighted by Gasteiger charge is -1.82. The first-order chi connectivity index (χ1) is 5.89. The Morgan fingerprint density at radius 2 is 2.00 bits per heavy atom. The molecular formula is C10H14N2. The predicted molar refractivity (Wildman–Crippen MR) is 52.3 cm³/mol. The third kappa shape index (κ3) is 3.76. The SMILES string of the molecule is C1=NNCC1.Cc1ccccc1. The minimum Gasteiger partial charge on any atom is -0.310 e. The molecule has 0 atom stereocenters. The molecule has 64 valence electrons. The monoisotopic (exact) mass is 162 g/mol. The fourth-order valence-electron chi connectivity index (χ4n) is 0.857. The number of hydrogen-bond acceptors (Lipinski definition) is 2. The number of rotatable bonds is 0. The quantitative estimate of drug-likeness (QED) is 0.619. The Labute approximate surface area is 73.3 Å². The van der Waals surface area contributed by atoms with Crippen LogP contribution in [0.2, 0.25) is 0 Å². The fraction of sp³-hybridized carbons (Fsp3) is 0.300. The summed E-state index contributed by atoms with van der Waals surface area (Å²) in [4.78, 5) is 0. The van der Waals surface area contributed by atoms with E-state index in [1.165, 1.54) is 5.56 Å². The van der Waals surface area contributed by atoms with Crippen LogP contribution in [0.5, 0.6) is 0 Å². The molecule has 1 aliphatic heterocycles. The van der Waals surface area contributed by atoms with Crippen molar-refractivity contribution in [3.8, 4) is 0 Å². The maximum atomic E-state index is 3.71. The summed E-state index contributed by atoms with van der Waals surface area (Å²) >= 11 is 0. The molecule has 2 rings (SSSR count). The molecule has 1 aromatic carbocycles. The van der Waals surface area contributed by atoms with Crippen molar-refractivity contribution in [2.45, 2.75) is 13.3 Å². The number of nitrogens with one attached hydrogen (secondary N) is 1. The smallest absolute Gasteiger partial charge is 0.0379 e. The van der Waals surface area contributed by atoms with Gasteiger partial charge in [0.1, 0.15) is 0 Å². The average Bonchev–Trinajstić information content (AvgIpc) is 2.62. The van der Waals surface area contributed by atoms with Crippen molar-refractivity contribution < 1.29 is 0 Å². The molecular weight excluding hydrogens is 148 g/mol. The zero-order valence-corrected chi connectivity index (χ0v) is 7.33. The molecule has 0 amide bonds. The molecule has 0 bridgehead atoms. The number of nitrogens with zero attached hydrogens (tertiary/aromatic N) is 1. The normalized spacial score (nSPS) is 13.1. The van der Waals surface area contributed by atoms with E-state index in [0.29, 0.717) is 0 Å². The minimum atomic E-state index is 1.03. The molecule has 0 saturated heterocycles. The topological polar surface area (TPSA) is 24.4 Å². The van der Waals surface area contributed by atoms with E-state index >= 15 is 0 Å². The summed E-state index contributed by atoms with van der Waals surface area (Å²) in [6, 6.07) is 10.3. The summed E-state index contributed by atoms with van der Waals surface area (Å²) in [5, 5.41) is 3.71. The highest BCUT2D eigenvalue weighted by Gasteiger charge is 1.83. The molecule has 0 aliphatic carbocycles. The summed E-state index contributed by atoms with van der Waals surface area (Å²) in [6.07, 6.45) is 2.97. The summed E-state index contributed by atoms with van der Waals surface area (Å²) in [5.41, 5.74) is 4.11. The Bertz CT molecular complexity index is 223. The predicted octanol–water partition coefficient (Wildman–Crippen LogP) is 1.96. The highest BCUT2D eigenvalue weighted by atomic mass is 15.3. The van der Waals surface area contributed by atoms with Crippen LogP contribution in [0.1, 0.15) is 12.0 Å². The molecule has 0 saturated carbocycles. The number of hydrazone groups is 1. The van der Waals surface area contributed by atoms with Gasteiger partial charge in [-0.25, -0.2) is 0 Å². The van der Waals surface area contributed by atoms with E-state index in [1.54, 1.807) is 0 Å². The summed E-state index contributed by atoms with van der Waals surface area (Å²) in [7, 11) is 0. The van der Waals surface area contributed by atoms with Gasteiger partial charge < -0.3 is 5.43 Å². The van der Waals surface area contributed by atoms with Crippen molar-refractivity contribution >= 4 is 6.21 Å². The van der Waals surface area contributed by atoms with Crippen LogP contribution < -0.4 is 5.43 Å². The molecule has 1 N–H and O–H groups in total. The fourth-order valence-corrected chi connectivity index (χ4v) is 0.857. The molecule has 2 nitrogen and oxygen atoms in total. The highest BCUT2D eigenvalue weighted by molar-refractivity contribution is 5.58. The van der Waals surface area contributed by atoms with Gasteiger partial charge >= 0.3 is 0 Å². The van der Waals surface area contributed by atoms with Crippen molar-refractivity contribution in [2.75, 3.05) is 6.54 Å². The molecule has 1 heterocycles. The van der Waals surface area contributed by atoms with Crippen molar-refractivity contribution in [3.63, 3.8) is 0 Å². The molecule has 0 spiro atoms. The van der Waals surface area contributed by atoms with E-state index in [1.807, 2.05) is 24.4 Å². The van der Waals surface area contributed by atoms with Crippen molar-refractivity contribution in [1.82, 2.24) is 5.43 Å². The first kappa shape index (κ1) is 8.78. The Balaban J connectivity index is 0.000000127. The van der Waals surface area contributed by atoms with E-state index in [-0.39, 0.29) is 0 Å². The van der Waals surface area contributed by atoms with Crippen LogP contribution in [0.3, 0.4) is 0 Å². The average molecular weight is 162 g/mol. The van der Waals surface area contributed by atoms with E-state index in [2.05, 4.69) is 29.6 Å². The van der Waals surface area contributed by atoms with Crippen LogP contribution in [-0.2, 0) is 0 Å². The molecule has 0 radical (unpaired) electrons. The zero-order valence-electron chi connectivity index (χ0n) is 7.33. The second-order valence-electron chi connectivity index (χ2n) is 2.66. The molecule has 0 fully saturated rings. The molecule has 1 aliphatic rings. The van der Waals surface area contributed by atoms with Gasteiger partial charge in [-0.05, 0) is 6.92 Å². The Morgan fingerprint density at radius 3 is 2.25 bits per heavy atom. The van der Waals surface area contributed by atoms with E-state index in [0.717, 1.165) is 13.0 Å². The standard InChI is InChI=1S/C7H8.C3H6N2/c1-7-5-3-2-4-6-7;1-2-4-5-3-1/h2-6H,1H3;2,5H,1,3H2. The van der Waals surface area contributed by atoms with Gasteiger partial charge in [0.2, 0.25) is 0 Å². The summed E-state index contributed by atoms with van der Waals surface area (Å²) < 4.78 is 0. The number of aryl methyl sites for hydroxylation is 1. The van der Waals surface area contributed by atoms with Gasteiger partial charge in [0.15, 0.2) is 0 Å². The van der Waals surface area contributed by atoms with Gasteiger partial charge in [0.05, 0.1) is 0 Å². The van der Waals surface area contributed by atoms with E-state index < -0.39 is 0 Å². The Kier molecular flexibility index (Phi) is 3.92. The van der Waals surface area contributed by atoms with Gasteiger partial charge in [0.25, 0.3) is 0 Å². The van der Waals surface area contributed by atoms with Gasteiger partial charge in [0, 0.05) is 19.2 Å². The second-order valence-corrected chi connectivity index (χ2v) is 2.66. The number of hydrogen-bond donors (Lipinski definition) is 1. The van der Waals surface area contributed by atoms with Crippen molar-refractivity contribution in [2.24, 2.45) is 5.10 Å². The van der Waals surface area contributed by atoms with Crippen LogP contribution in [0, 0.1) is 6.92 Å². The van der Waals surface area contributed by atoms with E-state index in [9.17, 15) is 0 Å². The van der Waals surface area contributed by atoms with Gasteiger partial charge in [-0.15, -0.1) is 0 Å². The molecule has 12 heavy (non-hydrogen) atoms. The summed E-state index contributed by atoms with van der Waals surface area (Å²) in [5.74, 6) is 0. The third-order valence-corrected chi connectivity index (χ3v) is 1.51. The largest absolute Gasteiger partial charge is 0.310 e. The minimum absolute atomic E-state index is 1.03. The molecule has 0 aromatic heterocycles. The first-order valence-electron chi connectivity index (χ1n) is 4.15. The van der Waals surface area contributed by atoms with Crippen LogP contribution in [0.25, 0.3) is 0 Å². The van der Waals surface area contributed by atoms with Gasteiger partial charge in [-0.2, -0.15) is 5.10 Å². The lowest BCUT2D eigenvalue weighted by Crippen LogP contribution is -1.96. The van der Waals surface area contributed by atoms with Crippen LogP contribution in [0.4, 0.5) is 0 Å². The Hall–Kier alpha value is -1.31. The van der Waals surface area contributed by atoms with E-state index in [4.69, 9.17) is 0 Å². The number of benzene rings is 1. The van der Waals surface area contributed by atoms with Crippen LogP contribution >= 0.6 is 0 Å². The second kappa shape index (κ2) is 5.35. The maximum Gasteiger partial charge on any atom is 0.0379 e. The van der Waals surface area contributed by atoms with Crippen LogP contribution in [0.15, 0.2) is 35.4 Å². The molecule has 1 aromatic rings. The zero-order chi connectivity index (χ0) is 8.65. The maximum absolute atomic E-state index is 3.71. The Morgan fingerprint density at radius 1 is 1.25 bits per heavy atom. The van der Waals surface area contributed by atoms with Crippen molar-refractivity contribution in [3.05, 3.63) is 35.9 Å².